The van der Waals surface area contributed by atoms with Gasteiger partial charge in [-0.05, 0) is 63.7 Å². The molecule has 2 atom stereocenters. The number of pyridine rings is 1. The first-order chi connectivity index (χ1) is 14.5. The van der Waals surface area contributed by atoms with E-state index in [4.69, 9.17) is 9.47 Å². The Bertz CT molecular complexity index is 1040. The number of benzene rings is 1. The Morgan fingerprint density at radius 2 is 1.93 bits per heavy atom. The van der Waals surface area contributed by atoms with Crippen molar-refractivity contribution in [3.63, 3.8) is 0 Å². The van der Waals surface area contributed by atoms with Gasteiger partial charge in [-0.15, -0.1) is 0 Å². The average Bonchev–Trinajstić information content (AvgIpc) is 3.42. The first kappa shape index (κ1) is 20.2. The third-order valence-electron chi connectivity index (χ3n) is 5.69. The van der Waals surface area contributed by atoms with Crippen molar-refractivity contribution in [2.75, 3.05) is 40.2 Å². The van der Waals surface area contributed by atoms with Gasteiger partial charge in [0.2, 0.25) is 5.91 Å². The van der Waals surface area contributed by atoms with Crippen LogP contribution in [-0.4, -0.2) is 55.6 Å². The molecular weight excluding hydrogens is 380 g/mol. The normalized spacial score (nSPS) is 17.9. The average molecular weight is 409 g/mol. The van der Waals surface area contributed by atoms with Crippen LogP contribution in [0.5, 0.6) is 11.5 Å². The van der Waals surface area contributed by atoms with Crippen LogP contribution in [0.4, 0.5) is 5.82 Å². The minimum Gasteiger partial charge on any atom is -0.496 e. The minimum absolute atomic E-state index is 0.0591. The molecule has 30 heavy (non-hydrogen) atoms. The van der Waals surface area contributed by atoms with Crippen LogP contribution < -0.4 is 14.8 Å². The highest BCUT2D eigenvalue weighted by atomic mass is 16.5. The summed E-state index contributed by atoms with van der Waals surface area (Å²) in [5.41, 5.74) is 2.51. The van der Waals surface area contributed by atoms with Gasteiger partial charge in [0, 0.05) is 23.1 Å². The topological polar surface area (TPSA) is 79.5 Å². The van der Waals surface area contributed by atoms with Crippen LogP contribution in [0.2, 0.25) is 0 Å². The number of aromatic amines is 1. The molecular formula is C23H28N4O3. The number of carbonyl (C=O) groups excluding carboxylic acids is 1. The van der Waals surface area contributed by atoms with Crippen LogP contribution in [0.25, 0.3) is 22.2 Å². The number of H-pyrrole nitrogens is 1. The first-order valence-electron chi connectivity index (χ1n) is 10.2. The van der Waals surface area contributed by atoms with E-state index >= 15 is 0 Å². The second-order valence-corrected chi connectivity index (χ2v) is 8.02. The highest BCUT2D eigenvalue weighted by Gasteiger charge is 2.42. The fourth-order valence-corrected chi connectivity index (χ4v) is 3.93. The summed E-state index contributed by atoms with van der Waals surface area (Å²) in [6.07, 6.45) is 3.91. The number of fused-ring (bicyclic) bond motifs is 1. The molecule has 1 aliphatic rings. The Balaban J connectivity index is 1.53. The van der Waals surface area contributed by atoms with Crippen LogP contribution in [-0.2, 0) is 4.79 Å². The van der Waals surface area contributed by atoms with Gasteiger partial charge in [0.1, 0.15) is 23.0 Å². The molecule has 1 aromatic carbocycles. The zero-order valence-electron chi connectivity index (χ0n) is 17.9. The van der Waals surface area contributed by atoms with Gasteiger partial charge >= 0.3 is 0 Å². The molecule has 0 radical (unpaired) electrons. The van der Waals surface area contributed by atoms with Crippen LogP contribution in [0.15, 0.2) is 36.5 Å². The van der Waals surface area contributed by atoms with Crippen molar-refractivity contribution in [1.82, 2.24) is 14.9 Å². The smallest absolute Gasteiger partial charge is 0.228 e. The molecule has 1 saturated carbocycles. The maximum absolute atomic E-state index is 12.6. The number of nitrogens with zero attached hydrogens (tertiary/aromatic N) is 2. The molecule has 0 spiro atoms. The van der Waals surface area contributed by atoms with Gasteiger partial charge in [0.05, 0.1) is 19.8 Å². The lowest BCUT2D eigenvalue weighted by atomic mass is 10.0. The number of carbonyl (C=O) groups is 1. The predicted molar refractivity (Wildman–Crippen MR) is 118 cm³/mol. The monoisotopic (exact) mass is 408 g/mol. The lowest BCUT2D eigenvalue weighted by Gasteiger charge is -2.12. The second kappa shape index (κ2) is 8.36. The summed E-state index contributed by atoms with van der Waals surface area (Å²) in [4.78, 5) is 22.5. The lowest BCUT2D eigenvalue weighted by molar-refractivity contribution is -0.117. The van der Waals surface area contributed by atoms with Gasteiger partial charge < -0.3 is 24.7 Å². The van der Waals surface area contributed by atoms with E-state index < -0.39 is 0 Å². The molecule has 7 heteroatoms. The van der Waals surface area contributed by atoms with Crippen LogP contribution in [0, 0.1) is 11.8 Å². The zero-order valence-corrected chi connectivity index (χ0v) is 17.9. The third kappa shape index (κ3) is 3.98. The molecule has 2 heterocycles. The molecule has 0 aliphatic heterocycles. The molecule has 2 N–H and O–H groups in total. The van der Waals surface area contributed by atoms with Gasteiger partial charge in [-0.25, -0.2) is 4.98 Å². The highest BCUT2D eigenvalue weighted by Crippen LogP contribution is 2.43. The zero-order chi connectivity index (χ0) is 21.3. The van der Waals surface area contributed by atoms with E-state index in [0.29, 0.717) is 17.4 Å². The molecule has 1 amide bonds. The van der Waals surface area contributed by atoms with Crippen molar-refractivity contribution in [3.05, 3.63) is 36.5 Å². The molecule has 158 valence electrons. The van der Waals surface area contributed by atoms with Gasteiger partial charge in [-0.1, -0.05) is 6.07 Å². The van der Waals surface area contributed by atoms with E-state index in [1.807, 2.05) is 36.5 Å². The number of hydrogen-bond acceptors (Lipinski definition) is 5. The summed E-state index contributed by atoms with van der Waals surface area (Å²) in [6, 6.07) is 9.51. The SMILES string of the molecule is COc1cccc(OC)c1-c1c[nH]c2nc(NC(=O)[C@H]3C[C@@H]3CCN(C)C)ccc12. The summed E-state index contributed by atoms with van der Waals surface area (Å²) in [5.74, 6) is 2.65. The fraction of sp³-hybridized carbons (Fsp3) is 0.391. The quantitative estimate of drug-likeness (QED) is 0.593. The van der Waals surface area contributed by atoms with Crippen LogP contribution in [0.3, 0.4) is 0 Å². The molecule has 1 fully saturated rings. The Labute approximate surface area is 176 Å². The second-order valence-electron chi connectivity index (χ2n) is 8.02. The largest absolute Gasteiger partial charge is 0.496 e. The molecule has 0 saturated heterocycles. The van der Waals surface area contributed by atoms with E-state index in [-0.39, 0.29) is 11.8 Å². The number of amides is 1. The molecule has 3 aromatic rings. The predicted octanol–water partition coefficient (Wildman–Crippen LogP) is 3.77. The summed E-state index contributed by atoms with van der Waals surface area (Å²) in [6.45, 7) is 1.01. The van der Waals surface area contributed by atoms with Crippen molar-refractivity contribution in [1.29, 1.82) is 0 Å². The minimum atomic E-state index is 0.0591. The summed E-state index contributed by atoms with van der Waals surface area (Å²) < 4.78 is 11.1. The Morgan fingerprint density at radius 3 is 2.60 bits per heavy atom. The van der Waals surface area contributed by atoms with Crippen LogP contribution in [0.1, 0.15) is 12.8 Å². The Kier molecular flexibility index (Phi) is 5.63. The van der Waals surface area contributed by atoms with Gasteiger partial charge in [0.25, 0.3) is 0 Å². The molecule has 2 aromatic heterocycles. The maximum Gasteiger partial charge on any atom is 0.228 e. The number of hydrogen-bond donors (Lipinski definition) is 2. The van der Waals surface area contributed by atoms with Crippen molar-refractivity contribution < 1.29 is 14.3 Å². The Hall–Kier alpha value is -3.06. The van der Waals surface area contributed by atoms with Crippen LogP contribution >= 0.6 is 0 Å². The molecule has 0 bridgehead atoms. The van der Waals surface area contributed by atoms with Crippen molar-refractivity contribution in [2.45, 2.75) is 12.8 Å². The number of ether oxygens (including phenoxy) is 2. The standard InChI is InChI=1S/C23H28N4O3/c1-27(2)11-10-14-12-16(14)23(28)26-20-9-8-15-17(13-24-22(15)25-20)21-18(29-3)6-5-7-19(21)30-4/h5-9,13-14,16H,10-12H2,1-4H3,(H2,24,25,26,28)/t14-,16-/m0/s1. The summed E-state index contributed by atoms with van der Waals surface area (Å²) in [5, 5.41) is 3.91. The number of nitrogens with one attached hydrogen (secondary N) is 2. The number of aromatic nitrogens is 2. The van der Waals surface area contributed by atoms with Crippen molar-refractivity contribution in [2.24, 2.45) is 11.8 Å². The van der Waals surface area contributed by atoms with E-state index in [2.05, 4.69) is 34.3 Å². The summed E-state index contributed by atoms with van der Waals surface area (Å²) >= 11 is 0. The molecule has 4 rings (SSSR count). The molecule has 7 nitrogen and oxygen atoms in total. The van der Waals surface area contributed by atoms with E-state index in [1.54, 1.807) is 14.2 Å². The van der Waals surface area contributed by atoms with E-state index in [9.17, 15) is 4.79 Å². The Morgan fingerprint density at radius 1 is 1.20 bits per heavy atom. The number of rotatable bonds is 8. The van der Waals surface area contributed by atoms with Gasteiger partial charge in [-0.2, -0.15) is 0 Å². The van der Waals surface area contributed by atoms with E-state index in [0.717, 1.165) is 47.4 Å². The highest BCUT2D eigenvalue weighted by molar-refractivity contribution is 5.99. The number of anilines is 1. The lowest BCUT2D eigenvalue weighted by Crippen LogP contribution is -2.18. The third-order valence-corrected chi connectivity index (χ3v) is 5.69. The number of methoxy groups -OCH3 is 2. The molecule has 1 aliphatic carbocycles. The van der Waals surface area contributed by atoms with Crippen molar-refractivity contribution in [3.8, 4) is 22.6 Å². The van der Waals surface area contributed by atoms with E-state index in [1.165, 1.54) is 0 Å². The molecule has 0 unspecified atom stereocenters. The van der Waals surface area contributed by atoms with Crippen molar-refractivity contribution >= 4 is 22.8 Å². The maximum atomic E-state index is 12.6. The van der Waals surface area contributed by atoms with Gasteiger partial charge in [0.15, 0.2) is 0 Å². The fourth-order valence-electron chi connectivity index (χ4n) is 3.93. The van der Waals surface area contributed by atoms with Gasteiger partial charge in [-0.3, -0.25) is 4.79 Å². The first-order valence-corrected chi connectivity index (χ1v) is 10.2. The summed E-state index contributed by atoms with van der Waals surface area (Å²) in [7, 11) is 7.40.